The van der Waals surface area contributed by atoms with Crippen molar-refractivity contribution >= 4 is 27.7 Å². The average molecular weight is 527 g/mol. The molecule has 0 aliphatic carbocycles. The normalized spacial score (nSPS) is 11.5. The van der Waals surface area contributed by atoms with Gasteiger partial charge in [0.2, 0.25) is 5.91 Å². The largest absolute Gasteiger partial charge is 0.481 e. The monoisotopic (exact) mass is 526 g/mol. The van der Waals surface area contributed by atoms with Crippen LogP contribution in [0.15, 0.2) is 83.3 Å². The van der Waals surface area contributed by atoms with Crippen molar-refractivity contribution in [2.45, 2.75) is 32.4 Å². The Morgan fingerprint density at radius 3 is 2.32 bits per heavy atom. The van der Waals surface area contributed by atoms with Gasteiger partial charge in [-0.3, -0.25) is 9.59 Å². The van der Waals surface area contributed by atoms with Crippen molar-refractivity contribution < 1.29 is 18.7 Å². The van der Waals surface area contributed by atoms with E-state index < -0.39 is 17.8 Å². The zero-order chi connectivity index (χ0) is 24.3. The maximum absolute atomic E-state index is 14.0. The van der Waals surface area contributed by atoms with Gasteiger partial charge >= 0.3 is 0 Å². The predicted octanol–water partition coefficient (Wildman–Crippen LogP) is 5.13. The summed E-state index contributed by atoms with van der Waals surface area (Å²) in [5, 5.41) is 2.92. The van der Waals surface area contributed by atoms with Crippen LogP contribution in [0, 0.1) is 5.82 Å². The van der Waals surface area contributed by atoms with Gasteiger partial charge in [0.05, 0.1) is 0 Å². The molecule has 7 heteroatoms. The van der Waals surface area contributed by atoms with Crippen molar-refractivity contribution in [3.8, 4) is 5.75 Å². The summed E-state index contributed by atoms with van der Waals surface area (Å²) in [6, 6.07) is 22.3. The molecule has 0 radical (unpaired) electrons. The zero-order valence-electron chi connectivity index (χ0n) is 19.0. The molecule has 0 aromatic heterocycles. The van der Waals surface area contributed by atoms with Gasteiger partial charge in [-0.15, -0.1) is 0 Å². The van der Waals surface area contributed by atoms with Crippen LogP contribution in [0.3, 0.4) is 0 Å². The van der Waals surface area contributed by atoms with E-state index in [4.69, 9.17) is 4.74 Å². The summed E-state index contributed by atoms with van der Waals surface area (Å²) in [6.07, 6.45) is 1.12. The van der Waals surface area contributed by atoms with Gasteiger partial charge in [-0.05, 0) is 41.8 Å². The van der Waals surface area contributed by atoms with Crippen LogP contribution in [0.1, 0.15) is 24.5 Å². The number of rotatable bonds is 11. The molecule has 2 amide bonds. The Morgan fingerprint density at radius 2 is 1.65 bits per heavy atom. The number of ether oxygens (including phenoxy) is 1. The highest BCUT2D eigenvalue weighted by atomic mass is 79.9. The summed E-state index contributed by atoms with van der Waals surface area (Å²) >= 11 is 3.42. The molecule has 3 rings (SSSR count). The van der Waals surface area contributed by atoms with Gasteiger partial charge in [-0.1, -0.05) is 77.5 Å². The Kier molecular flexibility index (Phi) is 9.64. The molecule has 0 saturated heterocycles. The number of nitrogens with zero attached hydrogens (tertiary/aromatic N) is 1. The fraction of sp³-hybridized carbons (Fsp3) is 0.259. The highest BCUT2D eigenvalue weighted by Gasteiger charge is 2.30. The van der Waals surface area contributed by atoms with Crippen LogP contribution in [0.4, 0.5) is 4.39 Å². The average Bonchev–Trinajstić information content (AvgIpc) is 2.85. The molecule has 0 fully saturated rings. The smallest absolute Gasteiger partial charge is 0.261 e. The molecule has 0 aliphatic rings. The molecule has 1 N–H and O–H groups in total. The number of carbonyl (C=O) groups is 2. The van der Waals surface area contributed by atoms with Crippen LogP contribution in [0.25, 0.3) is 0 Å². The first-order chi connectivity index (χ1) is 16.5. The van der Waals surface area contributed by atoms with E-state index in [0.29, 0.717) is 13.0 Å². The van der Waals surface area contributed by atoms with Crippen molar-refractivity contribution in [3.63, 3.8) is 0 Å². The van der Waals surface area contributed by atoms with Crippen LogP contribution in [-0.2, 0) is 22.6 Å². The standard InChI is InChI=1S/C27H28BrFN2O3/c1-2-16-30-27(33)24(17-20-8-4-3-5-9-20)31(18-21-12-14-22(28)15-13-21)26(32)19-34-25-11-7-6-10-23(25)29/h3-15,24H,2,16-19H2,1H3,(H,30,33)/t24-/m0/s1. The quantitative estimate of drug-likeness (QED) is 0.376. The maximum Gasteiger partial charge on any atom is 0.261 e. The Bertz CT molecular complexity index is 1080. The second-order valence-electron chi connectivity index (χ2n) is 7.86. The van der Waals surface area contributed by atoms with E-state index in [1.54, 1.807) is 12.1 Å². The van der Waals surface area contributed by atoms with E-state index in [9.17, 15) is 14.0 Å². The lowest BCUT2D eigenvalue weighted by atomic mass is 10.0. The van der Waals surface area contributed by atoms with Crippen LogP contribution in [0.5, 0.6) is 5.75 Å². The minimum atomic E-state index is -0.755. The molecule has 0 heterocycles. The van der Waals surface area contributed by atoms with Gasteiger partial charge < -0.3 is 15.0 Å². The molecule has 0 bridgehead atoms. The summed E-state index contributed by atoms with van der Waals surface area (Å²) < 4.78 is 20.4. The van der Waals surface area contributed by atoms with Crippen LogP contribution < -0.4 is 10.1 Å². The van der Waals surface area contributed by atoms with E-state index in [2.05, 4.69) is 21.2 Å². The van der Waals surface area contributed by atoms with Crippen molar-refractivity contribution in [1.29, 1.82) is 0 Å². The highest BCUT2D eigenvalue weighted by Crippen LogP contribution is 2.19. The van der Waals surface area contributed by atoms with Crippen molar-refractivity contribution in [2.24, 2.45) is 0 Å². The third-order valence-corrected chi connectivity index (χ3v) is 5.80. The van der Waals surface area contributed by atoms with E-state index in [1.807, 2.05) is 61.5 Å². The number of benzene rings is 3. The maximum atomic E-state index is 14.0. The first-order valence-corrected chi connectivity index (χ1v) is 12.0. The third-order valence-electron chi connectivity index (χ3n) is 5.27. The third kappa shape index (κ3) is 7.42. The van der Waals surface area contributed by atoms with E-state index in [0.717, 1.165) is 22.0 Å². The lowest BCUT2D eigenvalue weighted by molar-refractivity contribution is -0.142. The molecule has 0 saturated carbocycles. The summed E-state index contributed by atoms with van der Waals surface area (Å²) in [4.78, 5) is 28.1. The van der Waals surface area contributed by atoms with E-state index in [1.165, 1.54) is 17.0 Å². The van der Waals surface area contributed by atoms with E-state index in [-0.39, 0.29) is 24.8 Å². The predicted molar refractivity (Wildman–Crippen MR) is 134 cm³/mol. The van der Waals surface area contributed by atoms with Crippen molar-refractivity contribution in [3.05, 3.63) is 100 Å². The Labute approximate surface area is 208 Å². The topological polar surface area (TPSA) is 58.6 Å². The van der Waals surface area contributed by atoms with Gasteiger partial charge in [0.25, 0.3) is 5.91 Å². The van der Waals surface area contributed by atoms with Crippen LogP contribution in [-0.4, -0.2) is 35.9 Å². The lowest BCUT2D eigenvalue weighted by Crippen LogP contribution is -2.51. The number of amides is 2. The minimum Gasteiger partial charge on any atom is -0.481 e. The molecule has 3 aromatic carbocycles. The molecule has 178 valence electrons. The molecule has 3 aromatic rings. The number of halogens is 2. The van der Waals surface area contributed by atoms with Gasteiger partial charge in [0.15, 0.2) is 18.2 Å². The molecule has 0 aliphatic heterocycles. The Hall–Kier alpha value is -3.19. The first-order valence-electron chi connectivity index (χ1n) is 11.2. The molecule has 5 nitrogen and oxygen atoms in total. The fourth-order valence-electron chi connectivity index (χ4n) is 3.49. The molecule has 1 atom stereocenters. The first kappa shape index (κ1) is 25.4. The highest BCUT2D eigenvalue weighted by molar-refractivity contribution is 9.10. The minimum absolute atomic E-state index is 0.00511. The fourth-order valence-corrected chi connectivity index (χ4v) is 3.76. The molecular weight excluding hydrogens is 499 g/mol. The number of hydrogen-bond acceptors (Lipinski definition) is 3. The van der Waals surface area contributed by atoms with Crippen LogP contribution in [0.2, 0.25) is 0 Å². The van der Waals surface area contributed by atoms with Crippen molar-refractivity contribution in [1.82, 2.24) is 10.2 Å². The van der Waals surface area contributed by atoms with Gasteiger partial charge in [0.1, 0.15) is 6.04 Å². The SMILES string of the molecule is CCCNC(=O)[C@H](Cc1ccccc1)N(Cc1ccc(Br)cc1)C(=O)COc1ccccc1F. The summed E-state index contributed by atoms with van der Waals surface area (Å²) in [7, 11) is 0. The second kappa shape index (κ2) is 12.9. The number of hydrogen-bond donors (Lipinski definition) is 1. The van der Waals surface area contributed by atoms with E-state index >= 15 is 0 Å². The number of nitrogens with one attached hydrogen (secondary N) is 1. The Morgan fingerprint density at radius 1 is 0.971 bits per heavy atom. The number of para-hydroxylation sites is 1. The summed E-state index contributed by atoms with van der Waals surface area (Å²) in [5.41, 5.74) is 1.80. The summed E-state index contributed by atoms with van der Waals surface area (Å²) in [5.74, 6) is -1.19. The van der Waals surface area contributed by atoms with Gasteiger partial charge in [-0.2, -0.15) is 0 Å². The molecule has 0 spiro atoms. The van der Waals surface area contributed by atoms with Gasteiger partial charge in [-0.25, -0.2) is 4.39 Å². The summed E-state index contributed by atoms with van der Waals surface area (Å²) in [6.45, 7) is 2.31. The number of carbonyl (C=O) groups excluding carboxylic acids is 2. The second-order valence-corrected chi connectivity index (χ2v) is 8.78. The van der Waals surface area contributed by atoms with Crippen molar-refractivity contribution in [2.75, 3.05) is 13.2 Å². The molecular formula is C27H28BrFN2O3. The van der Waals surface area contributed by atoms with Gasteiger partial charge in [0, 0.05) is 24.0 Å². The lowest BCUT2D eigenvalue weighted by Gasteiger charge is -2.31. The van der Waals surface area contributed by atoms with Crippen LogP contribution >= 0.6 is 15.9 Å². The molecule has 0 unspecified atom stereocenters. The Balaban J connectivity index is 1.89. The zero-order valence-corrected chi connectivity index (χ0v) is 20.6. The molecule has 34 heavy (non-hydrogen) atoms.